The van der Waals surface area contributed by atoms with Crippen molar-refractivity contribution in [2.75, 3.05) is 19.6 Å². The molecule has 118 valence electrons. The van der Waals surface area contributed by atoms with E-state index in [0.717, 1.165) is 44.5 Å². The molecule has 1 aliphatic rings. The summed E-state index contributed by atoms with van der Waals surface area (Å²) in [7, 11) is 0. The lowest BCUT2D eigenvalue weighted by molar-refractivity contribution is -0.385. The van der Waals surface area contributed by atoms with Gasteiger partial charge in [0, 0.05) is 6.07 Å². The molecule has 1 aliphatic heterocycles. The summed E-state index contributed by atoms with van der Waals surface area (Å²) in [6.07, 6.45) is 3.16. The minimum absolute atomic E-state index is 0.0673. The minimum Gasteiger partial charge on any atom is -0.478 e. The number of hydrogen-bond acceptors (Lipinski definition) is 6. The Balaban J connectivity index is 2.09. The molecule has 0 aliphatic carbocycles. The molecule has 8 nitrogen and oxygen atoms in total. The van der Waals surface area contributed by atoms with E-state index in [4.69, 9.17) is 9.84 Å². The Kier molecular flexibility index (Phi) is 5.05. The number of piperidine rings is 1. The van der Waals surface area contributed by atoms with Gasteiger partial charge in [0.05, 0.1) is 17.0 Å². The zero-order valence-corrected chi connectivity index (χ0v) is 11.9. The lowest BCUT2D eigenvalue weighted by Crippen LogP contribution is -2.36. The second-order valence-corrected chi connectivity index (χ2v) is 5.06. The van der Waals surface area contributed by atoms with Crippen LogP contribution >= 0.6 is 0 Å². The van der Waals surface area contributed by atoms with Crippen LogP contribution in [0.1, 0.15) is 29.6 Å². The molecule has 0 amide bonds. The first kappa shape index (κ1) is 15.9. The Labute approximate surface area is 126 Å². The Hall–Kier alpha value is -2.48. The molecular weight excluding hydrogens is 292 g/mol. The van der Waals surface area contributed by atoms with Crippen molar-refractivity contribution in [1.82, 2.24) is 4.90 Å². The molecule has 8 heteroatoms. The van der Waals surface area contributed by atoms with E-state index < -0.39 is 22.5 Å². The van der Waals surface area contributed by atoms with Gasteiger partial charge < -0.3 is 9.84 Å². The van der Waals surface area contributed by atoms with Gasteiger partial charge in [-0.15, -0.1) is 0 Å². The summed E-state index contributed by atoms with van der Waals surface area (Å²) in [5, 5.41) is 19.8. The average molecular weight is 308 g/mol. The summed E-state index contributed by atoms with van der Waals surface area (Å²) in [6.45, 7) is 1.67. The van der Waals surface area contributed by atoms with Crippen molar-refractivity contribution >= 4 is 17.6 Å². The number of carbonyl (C=O) groups excluding carboxylic acids is 1. The van der Waals surface area contributed by atoms with Gasteiger partial charge in [-0.2, -0.15) is 0 Å². The van der Waals surface area contributed by atoms with E-state index in [-0.39, 0.29) is 17.9 Å². The standard InChI is InChI=1S/C14H16N2O6/c17-13(9-15-6-2-1-3-7-15)22-12-5-4-10(14(18)19)8-11(12)16(20)21/h4-5,8H,1-3,6-7,9H2,(H,18,19). The number of ether oxygens (including phenoxy) is 1. The Morgan fingerprint density at radius 2 is 1.95 bits per heavy atom. The van der Waals surface area contributed by atoms with Crippen LogP contribution in [0.25, 0.3) is 0 Å². The van der Waals surface area contributed by atoms with E-state index in [2.05, 4.69) is 0 Å². The Bertz CT molecular complexity index is 595. The molecule has 2 rings (SSSR count). The molecule has 0 aromatic heterocycles. The van der Waals surface area contributed by atoms with Crippen molar-refractivity contribution in [3.63, 3.8) is 0 Å². The fourth-order valence-corrected chi connectivity index (χ4v) is 2.33. The van der Waals surface area contributed by atoms with Gasteiger partial charge in [-0.1, -0.05) is 6.42 Å². The third kappa shape index (κ3) is 4.01. The highest BCUT2D eigenvalue weighted by atomic mass is 16.6. The fourth-order valence-electron chi connectivity index (χ4n) is 2.33. The van der Waals surface area contributed by atoms with E-state index in [1.807, 2.05) is 4.90 Å². The van der Waals surface area contributed by atoms with Gasteiger partial charge in [0.25, 0.3) is 0 Å². The number of carbonyl (C=O) groups is 2. The molecular formula is C14H16N2O6. The Morgan fingerprint density at radius 3 is 2.55 bits per heavy atom. The number of nitrogens with zero attached hydrogens (tertiary/aromatic N) is 2. The zero-order valence-electron chi connectivity index (χ0n) is 11.9. The van der Waals surface area contributed by atoms with Crippen LogP contribution in [-0.2, 0) is 4.79 Å². The molecule has 0 bridgehead atoms. The molecule has 1 N–H and O–H groups in total. The van der Waals surface area contributed by atoms with Gasteiger partial charge in [0.2, 0.25) is 5.75 Å². The van der Waals surface area contributed by atoms with Crippen molar-refractivity contribution in [3.8, 4) is 5.75 Å². The van der Waals surface area contributed by atoms with E-state index in [0.29, 0.717) is 0 Å². The number of hydrogen-bond donors (Lipinski definition) is 1. The van der Waals surface area contributed by atoms with Crippen LogP contribution < -0.4 is 4.74 Å². The summed E-state index contributed by atoms with van der Waals surface area (Å²) in [4.78, 5) is 34.9. The van der Waals surface area contributed by atoms with E-state index in [1.54, 1.807) is 0 Å². The van der Waals surface area contributed by atoms with Gasteiger partial charge in [0.1, 0.15) is 0 Å². The third-order valence-electron chi connectivity index (χ3n) is 3.43. The molecule has 1 aromatic carbocycles. The lowest BCUT2D eigenvalue weighted by Gasteiger charge is -2.25. The molecule has 1 fully saturated rings. The van der Waals surface area contributed by atoms with Crippen molar-refractivity contribution in [1.29, 1.82) is 0 Å². The van der Waals surface area contributed by atoms with E-state index >= 15 is 0 Å². The topological polar surface area (TPSA) is 110 Å². The molecule has 22 heavy (non-hydrogen) atoms. The molecule has 1 saturated heterocycles. The summed E-state index contributed by atoms with van der Waals surface area (Å²) >= 11 is 0. The second-order valence-electron chi connectivity index (χ2n) is 5.06. The monoisotopic (exact) mass is 308 g/mol. The third-order valence-corrected chi connectivity index (χ3v) is 3.43. The zero-order chi connectivity index (χ0) is 16.1. The van der Waals surface area contributed by atoms with E-state index in [9.17, 15) is 19.7 Å². The Morgan fingerprint density at radius 1 is 1.27 bits per heavy atom. The van der Waals surface area contributed by atoms with Crippen molar-refractivity contribution in [3.05, 3.63) is 33.9 Å². The maximum Gasteiger partial charge on any atom is 0.335 e. The van der Waals surface area contributed by atoms with Crippen LogP contribution in [0, 0.1) is 10.1 Å². The maximum atomic E-state index is 11.9. The lowest BCUT2D eigenvalue weighted by atomic mass is 10.1. The summed E-state index contributed by atoms with van der Waals surface area (Å²) < 4.78 is 5.03. The van der Waals surface area contributed by atoms with Crippen LogP contribution in [0.2, 0.25) is 0 Å². The number of carboxylic acid groups (broad SMARTS) is 1. The predicted molar refractivity (Wildman–Crippen MR) is 76.0 cm³/mol. The first-order valence-electron chi connectivity index (χ1n) is 6.92. The number of nitro groups is 1. The molecule has 0 atom stereocenters. The predicted octanol–water partition coefficient (Wildman–Crippen LogP) is 1.68. The molecule has 0 radical (unpaired) electrons. The number of rotatable bonds is 5. The first-order valence-corrected chi connectivity index (χ1v) is 6.92. The molecule has 1 aromatic rings. The van der Waals surface area contributed by atoms with Crippen LogP contribution in [0.3, 0.4) is 0 Å². The van der Waals surface area contributed by atoms with Crippen molar-refractivity contribution < 1.29 is 24.4 Å². The first-order chi connectivity index (χ1) is 10.5. The van der Waals surface area contributed by atoms with E-state index in [1.165, 1.54) is 6.07 Å². The van der Waals surface area contributed by atoms with Crippen molar-refractivity contribution in [2.24, 2.45) is 0 Å². The molecule has 0 spiro atoms. The smallest absolute Gasteiger partial charge is 0.335 e. The van der Waals surface area contributed by atoms with Gasteiger partial charge in [0.15, 0.2) is 0 Å². The van der Waals surface area contributed by atoms with Gasteiger partial charge >= 0.3 is 17.6 Å². The largest absolute Gasteiger partial charge is 0.478 e. The SMILES string of the molecule is O=C(CN1CCCCC1)Oc1ccc(C(=O)O)cc1[N+](=O)[O-]. The number of esters is 1. The summed E-state index contributed by atoms with van der Waals surface area (Å²) in [6, 6.07) is 3.18. The van der Waals surface area contributed by atoms with Crippen LogP contribution in [0.5, 0.6) is 5.75 Å². The molecule has 1 heterocycles. The summed E-state index contributed by atoms with van der Waals surface area (Å²) in [5.74, 6) is -2.11. The molecule has 0 unspecified atom stereocenters. The number of nitro benzene ring substituents is 1. The van der Waals surface area contributed by atoms with Crippen LogP contribution in [-0.4, -0.2) is 46.5 Å². The fraction of sp³-hybridized carbons (Fsp3) is 0.429. The second kappa shape index (κ2) is 6.99. The van der Waals surface area contributed by atoms with Crippen molar-refractivity contribution in [2.45, 2.75) is 19.3 Å². The molecule has 0 saturated carbocycles. The summed E-state index contributed by atoms with van der Waals surface area (Å²) in [5.41, 5.74) is -0.769. The van der Waals surface area contributed by atoms with Gasteiger partial charge in [-0.25, -0.2) is 4.79 Å². The van der Waals surface area contributed by atoms with Crippen LogP contribution in [0.4, 0.5) is 5.69 Å². The van der Waals surface area contributed by atoms with Crippen LogP contribution in [0.15, 0.2) is 18.2 Å². The number of benzene rings is 1. The van der Waals surface area contributed by atoms with Gasteiger partial charge in [-0.05, 0) is 38.1 Å². The maximum absolute atomic E-state index is 11.9. The number of carboxylic acids is 1. The highest BCUT2D eigenvalue weighted by Gasteiger charge is 2.22. The number of likely N-dealkylation sites (tertiary alicyclic amines) is 1. The quantitative estimate of drug-likeness (QED) is 0.381. The minimum atomic E-state index is -1.28. The normalized spacial score (nSPS) is 15.3. The average Bonchev–Trinajstić information content (AvgIpc) is 2.48. The van der Waals surface area contributed by atoms with Gasteiger partial charge in [-0.3, -0.25) is 19.8 Å². The highest BCUT2D eigenvalue weighted by molar-refractivity contribution is 5.89. The highest BCUT2D eigenvalue weighted by Crippen LogP contribution is 2.28. The number of aromatic carboxylic acids is 1.